The Labute approximate surface area is 140 Å². The minimum absolute atomic E-state index is 0.0676. The number of benzene rings is 2. The van der Waals surface area contributed by atoms with Crippen LogP contribution in [0.2, 0.25) is 0 Å². The molecule has 1 aromatic heterocycles. The van der Waals surface area contributed by atoms with Gasteiger partial charge in [0.25, 0.3) is 0 Å². The molecule has 1 unspecified atom stereocenters. The standard InChI is InChI=1S/C19H19N3O2/c23-19(20-15-8-2-1-3-9-15)22-12-6-7-14(13-22)18-21-16-10-4-5-11-17(16)24-18/h1-5,8-11,14H,6-7,12-13H2,(H,20,23). The minimum atomic E-state index is -0.0676. The number of aromatic nitrogens is 1. The summed E-state index contributed by atoms with van der Waals surface area (Å²) in [4.78, 5) is 18.9. The number of urea groups is 1. The fraction of sp³-hybridized carbons (Fsp3) is 0.263. The fourth-order valence-electron chi connectivity index (χ4n) is 3.15. The summed E-state index contributed by atoms with van der Waals surface area (Å²) in [6, 6.07) is 17.2. The Balaban J connectivity index is 1.48. The first-order valence-electron chi connectivity index (χ1n) is 8.26. The first-order chi connectivity index (χ1) is 11.8. The highest BCUT2D eigenvalue weighted by Gasteiger charge is 2.28. The predicted molar refractivity (Wildman–Crippen MR) is 93.0 cm³/mol. The molecule has 2 aromatic carbocycles. The zero-order valence-electron chi connectivity index (χ0n) is 13.3. The number of hydrogen-bond donors (Lipinski definition) is 1. The van der Waals surface area contributed by atoms with Gasteiger partial charge in [-0.05, 0) is 37.1 Å². The molecule has 5 heteroatoms. The molecule has 1 atom stereocenters. The molecule has 4 rings (SSSR count). The molecule has 122 valence electrons. The number of oxazole rings is 1. The van der Waals surface area contributed by atoms with E-state index in [9.17, 15) is 4.79 Å². The predicted octanol–water partition coefficient (Wildman–Crippen LogP) is 4.24. The highest BCUT2D eigenvalue weighted by Crippen LogP contribution is 2.29. The number of carbonyl (C=O) groups excluding carboxylic acids is 1. The molecular weight excluding hydrogens is 302 g/mol. The summed E-state index contributed by atoms with van der Waals surface area (Å²) >= 11 is 0. The van der Waals surface area contributed by atoms with Crippen LogP contribution in [0.4, 0.5) is 10.5 Å². The molecule has 3 aromatic rings. The maximum absolute atomic E-state index is 12.5. The van der Waals surface area contributed by atoms with Crippen molar-refractivity contribution in [1.82, 2.24) is 9.88 Å². The maximum Gasteiger partial charge on any atom is 0.321 e. The number of likely N-dealkylation sites (tertiary alicyclic amines) is 1. The second-order valence-electron chi connectivity index (χ2n) is 6.10. The van der Waals surface area contributed by atoms with Crippen molar-refractivity contribution in [1.29, 1.82) is 0 Å². The molecule has 5 nitrogen and oxygen atoms in total. The van der Waals surface area contributed by atoms with Crippen molar-refractivity contribution in [3.8, 4) is 0 Å². The Bertz CT molecular complexity index is 811. The normalized spacial score (nSPS) is 17.8. The zero-order valence-corrected chi connectivity index (χ0v) is 13.3. The molecule has 2 amide bonds. The average molecular weight is 321 g/mol. The molecule has 1 N–H and O–H groups in total. The van der Waals surface area contributed by atoms with Crippen molar-refractivity contribution in [2.24, 2.45) is 0 Å². The molecule has 0 radical (unpaired) electrons. The average Bonchev–Trinajstić information content (AvgIpc) is 3.07. The summed E-state index contributed by atoms with van der Waals surface area (Å²) < 4.78 is 5.88. The van der Waals surface area contributed by atoms with Gasteiger partial charge in [0.15, 0.2) is 11.5 Å². The van der Waals surface area contributed by atoms with Gasteiger partial charge in [-0.15, -0.1) is 0 Å². The SMILES string of the molecule is O=C(Nc1ccccc1)N1CCCC(c2nc3ccccc3o2)C1. The van der Waals surface area contributed by atoms with Crippen molar-refractivity contribution >= 4 is 22.8 Å². The molecular formula is C19H19N3O2. The van der Waals surface area contributed by atoms with Crippen LogP contribution in [0.25, 0.3) is 11.1 Å². The minimum Gasteiger partial charge on any atom is -0.440 e. The van der Waals surface area contributed by atoms with Crippen LogP contribution in [0.15, 0.2) is 59.0 Å². The van der Waals surface area contributed by atoms with E-state index in [1.54, 1.807) is 0 Å². The van der Waals surface area contributed by atoms with Gasteiger partial charge in [-0.2, -0.15) is 0 Å². The van der Waals surface area contributed by atoms with Gasteiger partial charge in [-0.25, -0.2) is 9.78 Å². The molecule has 1 saturated heterocycles. The van der Waals surface area contributed by atoms with Crippen LogP contribution in [0.1, 0.15) is 24.7 Å². The van der Waals surface area contributed by atoms with Crippen LogP contribution in [0.3, 0.4) is 0 Å². The first-order valence-corrected chi connectivity index (χ1v) is 8.26. The fourth-order valence-corrected chi connectivity index (χ4v) is 3.15. The highest BCUT2D eigenvalue weighted by atomic mass is 16.3. The van der Waals surface area contributed by atoms with Gasteiger partial charge in [0, 0.05) is 18.8 Å². The maximum atomic E-state index is 12.5. The summed E-state index contributed by atoms with van der Waals surface area (Å²) in [5.74, 6) is 0.876. The van der Waals surface area contributed by atoms with Crippen molar-refractivity contribution in [2.45, 2.75) is 18.8 Å². The van der Waals surface area contributed by atoms with E-state index >= 15 is 0 Å². The van der Waals surface area contributed by atoms with Crippen LogP contribution in [0.5, 0.6) is 0 Å². The monoisotopic (exact) mass is 321 g/mol. The lowest BCUT2D eigenvalue weighted by Crippen LogP contribution is -2.41. The van der Waals surface area contributed by atoms with Gasteiger partial charge >= 0.3 is 6.03 Å². The summed E-state index contributed by atoms with van der Waals surface area (Å²) in [6.07, 6.45) is 1.94. The lowest BCUT2D eigenvalue weighted by Gasteiger charge is -2.31. The summed E-state index contributed by atoms with van der Waals surface area (Å²) in [5.41, 5.74) is 2.49. The third-order valence-corrected chi connectivity index (χ3v) is 4.39. The topological polar surface area (TPSA) is 58.4 Å². The Morgan fingerprint density at radius 2 is 1.92 bits per heavy atom. The van der Waals surface area contributed by atoms with Gasteiger partial charge in [-0.3, -0.25) is 0 Å². The molecule has 24 heavy (non-hydrogen) atoms. The molecule has 1 fully saturated rings. The van der Waals surface area contributed by atoms with Crippen LogP contribution in [-0.4, -0.2) is 29.0 Å². The van der Waals surface area contributed by atoms with E-state index in [-0.39, 0.29) is 11.9 Å². The molecule has 0 spiro atoms. The Morgan fingerprint density at radius 1 is 1.12 bits per heavy atom. The number of rotatable bonds is 2. The molecule has 1 aliphatic rings. The van der Waals surface area contributed by atoms with E-state index in [1.807, 2.05) is 59.5 Å². The number of anilines is 1. The number of hydrogen-bond acceptors (Lipinski definition) is 3. The van der Waals surface area contributed by atoms with E-state index in [0.717, 1.165) is 42.1 Å². The van der Waals surface area contributed by atoms with Crippen LogP contribution in [-0.2, 0) is 0 Å². The first kappa shape index (κ1) is 14.8. The van der Waals surface area contributed by atoms with Crippen LogP contribution < -0.4 is 5.32 Å². The van der Waals surface area contributed by atoms with Crippen LogP contribution in [0, 0.1) is 0 Å². The summed E-state index contributed by atoms with van der Waals surface area (Å²) in [7, 11) is 0. The van der Waals surface area contributed by atoms with Gasteiger partial charge in [0.1, 0.15) is 5.52 Å². The third-order valence-electron chi connectivity index (χ3n) is 4.39. The molecule has 0 saturated carbocycles. The lowest BCUT2D eigenvalue weighted by atomic mass is 9.98. The molecule has 1 aliphatic heterocycles. The van der Waals surface area contributed by atoms with Gasteiger partial charge in [0.05, 0.1) is 5.92 Å². The smallest absolute Gasteiger partial charge is 0.321 e. The highest BCUT2D eigenvalue weighted by molar-refractivity contribution is 5.89. The number of para-hydroxylation sites is 3. The molecule has 0 bridgehead atoms. The van der Waals surface area contributed by atoms with Crippen molar-refractivity contribution in [3.63, 3.8) is 0 Å². The zero-order chi connectivity index (χ0) is 16.4. The number of amides is 2. The summed E-state index contributed by atoms with van der Waals surface area (Å²) in [6.45, 7) is 1.39. The number of carbonyl (C=O) groups is 1. The van der Waals surface area contributed by atoms with E-state index in [1.165, 1.54) is 0 Å². The van der Waals surface area contributed by atoms with Crippen molar-refractivity contribution < 1.29 is 9.21 Å². The molecule has 0 aliphatic carbocycles. The second-order valence-corrected chi connectivity index (χ2v) is 6.10. The van der Waals surface area contributed by atoms with Crippen LogP contribution >= 0.6 is 0 Å². The number of nitrogens with one attached hydrogen (secondary N) is 1. The third kappa shape index (κ3) is 2.97. The summed E-state index contributed by atoms with van der Waals surface area (Å²) in [5, 5.41) is 2.95. The van der Waals surface area contributed by atoms with Gasteiger partial charge in [0.2, 0.25) is 0 Å². The van der Waals surface area contributed by atoms with E-state index in [0.29, 0.717) is 6.54 Å². The van der Waals surface area contributed by atoms with E-state index in [2.05, 4.69) is 10.3 Å². The Kier molecular flexibility index (Phi) is 3.91. The van der Waals surface area contributed by atoms with Gasteiger partial charge in [-0.1, -0.05) is 30.3 Å². The Morgan fingerprint density at radius 3 is 2.75 bits per heavy atom. The van der Waals surface area contributed by atoms with Gasteiger partial charge < -0.3 is 14.6 Å². The number of fused-ring (bicyclic) bond motifs is 1. The Hall–Kier alpha value is -2.82. The van der Waals surface area contributed by atoms with E-state index in [4.69, 9.17) is 4.42 Å². The van der Waals surface area contributed by atoms with E-state index < -0.39 is 0 Å². The van der Waals surface area contributed by atoms with Crippen molar-refractivity contribution in [3.05, 3.63) is 60.5 Å². The number of nitrogens with zero attached hydrogens (tertiary/aromatic N) is 2. The largest absolute Gasteiger partial charge is 0.440 e. The number of piperidine rings is 1. The lowest BCUT2D eigenvalue weighted by molar-refractivity contribution is 0.187. The van der Waals surface area contributed by atoms with Crippen molar-refractivity contribution in [2.75, 3.05) is 18.4 Å². The molecule has 2 heterocycles. The second kappa shape index (κ2) is 6.35. The quantitative estimate of drug-likeness (QED) is 0.768.